The SMILES string of the molecule is COc1cccc(CCNc2ncc(C(=O)NCCCc3ccccc3)cn2)c1. The van der Waals surface area contributed by atoms with Gasteiger partial charge < -0.3 is 15.4 Å². The van der Waals surface area contributed by atoms with Crippen LogP contribution in [0.2, 0.25) is 0 Å². The molecule has 0 spiro atoms. The zero-order valence-corrected chi connectivity index (χ0v) is 16.6. The van der Waals surface area contributed by atoms with E-state index < -0.39 is 0 Å². The summed E-state index contributed by atoms with van der Waals surface area (Å²) in [5.41, 5.74) is 2.90. The maximum absolute atomic E-state index is 12.2. The fourth-order valence-electron chi connectivity index (χ4n) is 2.92. The molecular weight excluding hydrogens is 364 g/mol. The maximum atomic E-state index is 12.2. The first-order chi connectivity index (χ1) is 14.2. The second kappa shape index (κ2) is 10.8. The molecule has 1 amide bonds. The summed E-state index contributed by atoms with van der Waals surface area (Å²) in [5, 5.41) is 6.09. The largest absolute Gasteiger partial charge is 0.497 e. The molecule has 1 aromatic heterocycles. The van der Waals surface area contributed by atoms with Crippen LogP contribution in [0.25, 0.3) is 0 Å². The first-order valence-electron chi connectivity index (χ1n) is 9.75. The highest BCUT2D eigenvalue weighted by molar-refractivity contribution is 5.93. The predicted molar refractivity (Wildman–Crippen MR) is 114 cm³/mol. The quantitative estimate of drug-likeness (QED) is 0.518. The molecule has 29 heavy (non-hydrogen) atoms. The number of benzene rings is 2. The minimum absolute atomic E-state index is 0.152. The van der Waals surface area contributed by atoms with E-state index in [1.54, 1.807) is 19.5 Å². The van der Waals surface area contributed by atoms with Crippen LogP contribution < -0.4 is 15.4 Å². The lowest BCUT2D eigenvalue weighted by molar-refractivity contribution is 0.0952. The predicted octanol–water partition coefficient (Wildman–Crippen LogP) is 3.50. The summed E-state index contributed by atoms with van der Waals surface area (Å²) >= 11 is 0. The van der Waals surface area contributed by atoms with Crippen molar-refractivity contribution < 1.29 is 9.53 Å². The first kappa shape index (κ1) is 20.3. The first-order valence-corrected chi connectivity index (χ1v) is 9.75. The smallest absolute Gasteiger partial charge is 0.254 e. The third-order valence-corrected chi connectivity index (χ3v) is 4.52. The maximum Gasteiger partial charge on any atom is 0.254 e. The summed E-state index contributed by atoms with van der Waals surface area (Å²) in [7, 11) is 1.66. The van der Waals surface area contributed by atoms with Gasteiger partial charge in [0.2, 0.25) is 5.95 Å². The Morgan fingerprint density at radius 3 is 2.45 bits per heavy atom. The van der Waals surface area contributed by atoms with E-state index in [0.717, 1.165) is 25.0 Å². The van der Waals surface area contributed by atoms with E-state index in [1.807, 2.05) is 36.4 Å². The number of carbonyl (C=O) groups excluding carboxylic acids is 1. The van der Waals surface area contributed by atoms with Gasteiger partial charge in [-0.2, -0.15) is 0 Å². The van der Waals surface area contributed by atoms with Crippen LogP contribution in [0.5, 0.6) is 5.75 Å². The number of hydrogen-bond donors (Lipinski definition) is 2. The summed E-state index contributed by atoms with van der Waals surface area (Å²) in [4.78, 5) is 20.7. The highest BCUT2D eigenvalue weighted by Gasteiger charge is 2.06. The Morgan fingerprint density at radius 1 is 0.931 bits per heavy atom. The van der Waals surface area contributed by atoms with Crippen molar-refractivity contribution in [3.8, 4) is 5.75 Å². The summed E-state index contributed by atoms with van der Waals surface area (Å²) in [6, 6.07) is 18.2. The highest BCUT2D eigenvalue weighted by atomic mass is 16.5. The van der Waals surface area contributed by atoms with Crippen LogP contribution in [0, 0.1) is 0 Å². The Morgan fingerprint density at radius 2 is 1.69 bits per heavy atom. The number of ether oxygens (including phenoxy) is 1. The number of nitrogens with one attached hydrogen (secondary N) is 2. The van der Waals surface area contributed by atoms with Crippen LogP contribution in [0.3, 0.4) is 0 Å². The minimum Gasteiger partial charge on any atom is -0.497 e. The van der Waals surface area contributed by atoms with Crippen molar-refractivity contribution in [3.63, 3.8) is 0 Å². The minimum atomic E-state index is -0.152. The van der Waals surface area contributed by atoms with Gasteiger partial charge in [-0.25, -0.2) is 9.97 Å². The number of nitrogens with zero attached hydrogens (tertiary/aromatic N) is 2. The zero-order chi connectivity index (χ0) is 20.3. The van der Waals surface area contributed by atoms with Crippen molar-refractivity contribution in [2.75, 3.05) is 25.5 Å². The van der Waals surface area contributed by atoms with Gasteiger partial charge in [0.15, 0.2) is 0 Å². The molecule has 0 unspecified atom stereocenters. The van der Waals surface area contributed by atoms with Gasteiger partial charge >= 0.3 is 0 Å². The number of methoxy groups -OCH3 is 1. The molecular formula is C23H26N4O2. The summed E-state index contributed by atoms with van der Waals surface area (Å²) in [6.07, 6.45) is 5.75. The van der Waals surface area contributed by atoms with Gasteiger partial charge in [-0.05, 0) is 42.5 Å². The van der Waals surface area contributed by atoms with Gasteiger partial charge in [0.25, 0.3) is 5.91 Å². The van der Waals surface area contributed by atoms with Crippen LogP contribution in [-0.2, 0) is 12.8 Å². The number of aromatic nitrogens is 2. The number of hydrogen-bond acceptors (Lipinski definition) is 5. The van der Waals surface area contributed by atoms with E-state index in [9.17, 15) is 4.79 Å². The van der Waals surface area contributed by atoms with E-state index in [2.05, 4.69) is 38.8 Å². The van der Waals surface area contributed by atoms with Crippen molar-refractivity contribution in [1.29, 1.82) is 0 Å². The zero-order valence-electron chi connectivity index (χ0n) is 16.6. The second-order valence-electron chi connectivity index (χ2n) is 6.67. The fourth-order valence-corrected chi connectivity index (χ4v) is 2.92. The standard InChI is InChI=1S/C23H26N4O2/c1-29-21-11-5-9-19(15-21)12-14-25-23-26-16-20(17-27-23)22(28)24-13-6-10-18-7-3-2-4-8-18/h2-5,7-9,11,15-17H,6,10,12-14H2,1H3,(H,24,28)(H,25,26,27). The van der Waals surface area contributed by atoms with Gasteiger partial charge in [-0.1, -0.05) is 42.5 Å². The monoisotopic (exact) mass is 390 g/mol. The van der Waals surface area contributed by atoms with E-state index in [0.29, 0.717) is 24.6 Å². The van der Waals surface area contributed by atoms with Gasteiger partial charge in [0.05, 0.1) is 12.7 Å². The van der Waals surface area contributed by atoms with Crippen LogP contribution >= 0.6 is 0 Å². The number of amides is 1. The number of aryl methyl sites for hydroxylation is 1. The molecule has 2 aromatic carbocycles. The molecule has 6 heteroatoms. The summed E-state index contributed by atoms with van der Waals surface area (Å²) in [5.74, 6) is 1.20. The second-order valence-corrected chi connectivity index (χ2v) is 6.67. The topological polar surface area (TPSA) is 76.1 Å². The van der Waals surface area contributed by atoms with Crippen molar-refractivity contribution in [3.05, 3.63) is 83.7 Å². The number of rotatable bonds is 10. The Hall–Kier alpha value is -3.41. The lowest BCUT2D eigenvalue weighted by Crippen LogP contribution is -2.25. The van der Waals surface area contributed by atoms with Crippen LogP contribution in [0.15, 0.2) is 67.0 Å². The molecule has 150 valence electrons. The molecule has 6 nitrogen and oxygen atoms in total. The lowest BCUT2D eigenvalue weighted by Gasteiger charge is -2.08. The number of anilines is 1. The molecule has 0 bridgehead atoms. The molecule has 1 heterocycles. The van der Waals surface area contributed by atoms with E-state index in [1.165, 1.54) is 11.1 Å². The molecule has 0 atom stereocenters. The van der Waals surface area contributed by atoms with Gasteiger partial charge in [-0.15, -0.1) is 0 Å². The van der Waals surface area contributed by atoms with E-state index >= 15 is 0 Å². The Bertz CT molecular complexity index is 898. The molecule has 0 saturated carbocycles. The molecule has 3 aromatic rings. The van der Waals surface area contributed by atoms with Crippen molar-refractivity contribution in [2.45, 2.75) is 19.3 Å². The third kappa shape index (κ3) is 6.60. The van der Waals surface area contributed by atoms with Crippen LogP contribution in [0.1, 0.15) is 27.9 Å². The van der Waals surface area contributed by atoms with Crippen molar-refractivity contribution >= 4 is 11.9 Å². The molecule has 2 N–H and O–H groups in total. The molecule has 3 rings (SSSR count). The average Bonchev–Trinajstić information content (AvgIpc) is 2.78. The summed E-state index contributed by atoms with van der Waals surface area (Å²) in [6.45, 7) is 1.31. The molecule has 0 radical (unpaired) electrons. The van der Waals surface area contributed by atoms with Crippen molar-refractivity contribution in [2.24, 2.45) is 0 Å². The molecule has 0 aliphatic heterocycles. The highest BCUT2D eigenvalue weighted by Crippen LogP contribution is 2.13. The molecule has 0 saturated heterocycles. The van der Waals surface area contributed by atoms with E-state index in [-0.39, 0.29) is 5.91 Å². The van der Waals surface area contributed by atoms with E-state index in [4.69, 9.17) is 4.74 Å². The molecule has 0 aliphatic rings. The molecule has 0 fully saturated rings. The van der Waals surface area contributed by atoms with Crippen LogP contribution in [0.4, 0.5) is 5.95 Å². The van der Waals surface area contributed by atoms with Crippen molar-refractivity contribution in [1.82, 2.24) is 15.3 Å². The normalized spacial score (nSPS) is 10.4. The summed E-state index contributed by atoms with van der Waals surface area (Å²) < 4.78 is 5.23. The fraction of sp³-hybridized carbons (Fsp3) is 0.261. The Balaban J connectivity index is 1.39. The van der Waals surface area contributed by atoms with Crippen LogP contribution in [-0.4, -0.2) is 36.1 Å². The van der Waals surface area contributed by atoms with Gasteiger partial charge in [0, 0.05) is 25.5 Å². The lowest BCUT2D eigenvalue weighted by atomic mass is 10.1. The average molecular weight is 390 g/mol. The van der Waals surface area contributed by atoms with Gasteiger partial charge in [0.1, 0.15) is 5.75 Å². The third-order valence-electron chi connectivity index (χ3n) is 4.52. The Kier molecular flexibility index (Phi) is 7.57. The van der Waals surface area contributed by atoms with Gasteiger partial charge in [-0.3, -0.25) is 4.79 Å². The Labute approximate surface area is 171 Å². The molecule has 0 aliphatic carbocycles. The number of carbonyl (C=O) groups is 1.